The Morgan fingerprint density at radius 3 is 2.06 bits per heavy atom. The summed E-state index contributed by atoms with van der Waals surface area (Å²) in [6.45, 7) is 0. The van der Waals surface area contributed by atoms with Crippen LogP contribution in [0.15, 0.2) is 0 Å². The van der Waals surface area contributed by atoms with Crippen LogP contribution in [-0.2, 0) is 14.4 Å². The van der Waals surface area contributed by atoms with E-state index in [4.69, 9.17) is 0 Å². The predicted molar refractivity (Wildman–Crippen MR) is 58.9 cm³/mol. The van der Waals surface area contributed by atoms with E-state index in [-0.39, 0.29) is 23.3 Å². The first-order valence-corrected chi connectivity index (χ1v) is 6.26. The average Bonchev–Trinajstić information content (AvgIpc) is 2.26. The lowest BCUT2D eigenvalue weighted by Gasteiger charge is -2.26. The lowest BCUT2D eigenvalue weighted by Crippen LogP contribution is -2.33. The highest BCUT2D eigenvalue weighted by Crippen LogP contribution is 2.30. The maximum absolute atomic E-state index is 11.7. The summed E-state index contributed by atoms with van der Waals surface area (Å²) < 4.78 is 0. The van der Waals surface area contributed by atoms with Gasteiger partial charge in [0, 0.05) is 25.2 Å². The number of carbonyl (C=O) groups is 3. The van der Waals surface area contributed by atoms with E-state index < -0.39 is 5.92 Å². The smallest absolute Gasteiger partial charge is 0.143 e. The van der Waals surface area contributed by atoms with Crippen molar-refractivity contribution >= 4 is 17.3 Å². The van der Waals surface area contributed by atoms with E-state index in [9.17, 15) is 14.4 Å². The van der Waals surface area contributed by atoms with Crippen molar-refractivity contribution in [3.05, 3.63) is 0 Å². The van der Waals surface area contributed by atoms with Gasteiger partial charge in [0.05, 0.1) is 5.92 Å². The number of hydrogen-bond acceptors (Lipinski definition) is 3. The molecule has 0 aromatic heterocycles. The van der Waals surface area contributed by atoms with E-state index in [1.54, 1.807) is 0 Å². The topological polar surface area (TPSA) is 51.2 Å². The minimum Gasteiger partial charge on any atom is -0.299 e. The second kappa shape index (κ2) is 4.89. The minimum absolute atomic E-state index is 0.0234. The monoisotopic (exact) mass is 222 g/mol. The first-order chi connectivity index (χ1) is 7.68. The minimum atomic E-state index is -0.458. The molecule has 0 amide bonds. The molecule has 88 valence electrons. The molecule has 0 heterocycles. The van der Waals surface area contributed by atoms with Gasteiger partial charge in [0.25, 0.3) is 0 Å². The quantitative estimate of drug-likeness (QED) is 0.672. The molecular weight excluding hydrogens is 204 g/mol. The van der Waals surface area contributed by atoms with E-state index in [1.165, 1.54) is 0 Å². The average molecular weight is 222 g/mol. The molecular formula is C13H18O3. The Bertz CT molecular complexity index is 303. The fourth-order valence-electron chi connectivity index (χ4n) is 2.82. The second-order valence-electron chi connectivity index (χ2n) is 4.98. The molecule has 2 aliphatic carbocycles. The Morgan fingerprint density at radius 2 is 1.44 bits per heavy atom. The molecule has 2 fully saturated rings. The summed E-state index contributed by atoms with van der Waals surface area (Å²) in [6, 6.07) is 0. The van der Waals surface area contributed by atoms with Crippen LogP contribution in [0.1, 0.15) is 51.4 Å². The summed E-state index contributed by atoms with van der Waals surface area (Å²) in [5.74, 6) is -0.0905. The molecule has 0 saturated heterocycles. The first-order valence-electron chi connectivity index (χ1n) is 6.26. The van der Waals surface area contributed by atoms with Crippen molar-refractivity contribution in [3.63, 3.8) is 0 Å². The van der Waals surface area contributed by atoms with Crippen molar-refractivity contribution < 1.29 is 14.4 Å². The summed E-state index contributed by atoms with van der Waals surface area (Å²) in [4.78, 5) is 35.0. The molecule has 0 bridgehead atoms. The Labute approximate surface area is 95.6 Å². The first kappa shape index (κ1) is 11.5. The Balaban J connectivity index is 1.98. The molecule has 0 aromatic carbocycles. The van der Waals surface area contributed by atoms with Crippen molar-refractivity contribution in [2.75, 3.05) is 0 Å². The number of ketones is 3. The highest BCUT2D eigenvalue weighted by molar-refractivity contribution is 6.04. The summed E-state index contributed by atoms with van der Waals surface area (Å²) in [5, 5.41) is 0. The number of Topliss-reactive ketones (excluding diaryl/α,β-unsaturated/α-hetero) is 3. The standard InChI is InChI=1S/C13H18O3/c14-11-5-2-1-4-9(11)8-10-12(15)6-3-7-13(10)16/h9-10H,1-8H2. The predicted octanol–water partition coefficient (Wildman–Crippen LogP) is 2.07. The van der Waals surface area contributed by atoms with Crippen LogP contribution in [0.2, 0.25) is 0 Å². The molecule has 16 heavy (non-hydrogen) atoms. The van der Waals surface area contributed by atoms with Crippen molar-refractivity contribution in [2.24, 2.45) is 11.8 Å². The van der Waals surface area contributed by atoms with Crippen molar-refractivity contribution in [2.45, 2.75) is 51.4 Å². The van der Waals surface area contributed by atoms with Crippen LogP contribution >= 0.6 is 0 Å². The van der Waals surface area contributed by atoms with Crippen LogP contribution in [0.3, 0.4) is 0 Å². The van der Waals surface area contributed by atoms with Gasteiger partial charge in [-0.05, 0) is 25.7 Å². The third-order valence-corrected chi connectivity index (χ3v) is 3.82. The maximum Gasteiger partial charge on any atom is 0.143 e. The SMILES string of the molecule is O=C1CCCCC1CC1C(=O)CCCC1=O. The van der Waals surface area contributed by atoms with Gasteiger partial charge in [0.1, 0.15) is 17.3 Å². The van der Waals surface area contributed by atoms with E-state index in [0.29, 0.717) is 32.1 Å². The van der Waals surface area contributed by atoms with Crippen LogP contribution in [0.4, 0.5) is 0 Å². The van der Waals surface area contributed by atoms with Crippen molar-refractivity contribution in [1.82, 2.24) is 0 Å². The molecule has 0 aliphatic heterocycles. The van der Waals surface area contributed by atoms with Crippen LogP contribution in [0.5, 0.6) is 0 Å². The Hall–Kier alpha value is -0.990. The van der Waals surface area contributed by atoms with Gasteiger partial charge in [-0.3, -0.25) is 14.4 Å². The molecule has 2 rings (SSSR count). The summed E-state index contributed by atoms with van der Waals surface area (Å²) in [5.41, 5.74) is 0. The van der Waals surface area contributed by atoms with Crippen LogP contribution in [0.25, 0.3) is 0 Å². The summed E-state index contributed by atoms with van der Waals surface area (Å²) in [6.07, 6.45) is 5.79. The van der Waals surface area contributed by atoms with E-state index in [1.807, 2.05) is 0 Å². The van der Waals surface area contributed by atoms with E-state index in [2.05, 4.69) is 0 Å². The van der Waals surface area contributed by atoms with Crippen LogP contribution in [-0.4, -0.2) is 17.3 Å². The molecule has 3 nitrogen and oxygen atoms in total. The highest BCUT2D eigenvalue weighted by atomic mass is 16.2. The van der Waals surface area contributed by atoms with Gasteiger partial charge in [0.2, 0.25) is 0 Å². The van der Waals surface area contributed by atoms with Crippen LogP contribution < -0.4 is 0 Å². The number of hydrogen-bond donors (Lipinski definition) is 0. The molecule has 0 aromatic rings. The van der Waals surface area contributed by atoms with E-state index >= 15 is 0 Å². The van der Waals surface area contributed by atoms with Gasteiger partial charge >= 0.3 is 0 Å². The number of rotatable bonds is 2. The fraction of sp³-hybridized carbons (Fsp3) is 0.769. The van der Waals surface area contributed by atoms with Gasteiger partial charge in [-0.15, -0.1) is 0 Å². The van der Waals surface area contributed by atoms with Gasteiger partial charge in [-0.2, -0.15) is 0 Å². The van der Waals surface area contributed by atoms with E-state index in [0.717, 1.165) is 19.3 Å². The molecule has 0 spiro atoms. The number of carbonyl (C=O) groups excluding carboxylic acids is 3. The zero-order chi connectivity index (χ0) is 11.5. The lowest BCUT2D eigenvalue weighted by molar-refractivity contribution is -0.137. The van der Waals surface area contributed by atoms with Crippen molar-refractivity contribution in [1.29, 1.82) is 0 Å². The third-order valence-electron chi connectivity index (χ3n) is 3.82. The third kappa shape index (κ3) is 2.39. The van der Waals surface area contributed by atoms with Gasteiger partial charge in [0.15, 0.2) is 0 Å². The zero-order valence-corrected chi connectivity index (χ0v) is 9.54. The largest absolute Gasteiger partial charge is 0.299 e. The zero-order valence-electron chi connectivity index (χ0n) is 9.54. The molecule has 1 atom stereocenters. The molecule has 0 radical (unpaired) electrons. The van der Waals surface area contributed by atoms with Gasteiger partial charge in [-0.1, -0.05) is 6.42 Å². The molecule has 0 N–H and O–H groups in total. The Morgan fingerprint density at radius 1 is 0.812 bits per heavy atom. The lowest BCUT2D eigenvalue weighted by atomic mass is 9.76. The van der Waals surface area contributed by atoms with Crippen molar-refractivity contribution in [3.8, 4) is 0 Å². The van der Waals surface area contributed by atoms with Crippen LogP contribution in [0, 0.1) is 11.8 Å². The van der Waals surface area contributed by atoms with Gasteiger partial charge < -0.3 is 0 Å². The fourth-order valence-corrected chi connectivity index (χ4v) is 2.82. The maximum atomic E-state index is 11.7. The molecule has 1 unspecified atom stereocenters. The highest BCUT2D eigenvalue weighted by Gasteiger charge is 2.34. The Kier molecular flexibility index (Phi) is 3.52. The molecule has 2 saturated carbocycles. The summed E-state index contributed by atoms with van der Waals surface area (Å²) >= 11 is 0. The molecule has 3 heteroatoms. The normalized spacial score (nSPS) is 28.5. The molecule has 2 aliphatic rings. The second-order valence-corrected chi connectivity index (χ2v) is 4.98. The summed E-state index contributed by atoms with van der Waals surface area (Å²) in [7, 11) is 0. The van der Waals surface area contributed by atoms with Gasteiger partial charge in [-0.25, -0.2) is 0 Å².